The monoisotopic (exact) mass is 416 g/mol. The van der Waals surface area contributed by atoms with Crippen LogP contribution in [-0.2, 0) is 9.53 Å². The zero-order chi connectivity index (χ0) is 20.8. The third-order valence-corrected chi connectivity index (χ3v) is 5.67. The van der Waals surface area contributed by atoms with Crippen molar-refractivity contribution in [2.45, 2.75) is 41.7 Å². The highest BCUT2D eigenvalue weighted by Crippen LogP contribution is 2.41. The summed E-state index contributed by atoms with van der Waals surface area (Å²) in [5.41, 5.74) is 14.9. The zero-order valence-corrected chi connectivity index (χ0v) is 15.7. The van der Waals surface area contributed by atoms with Crippen LogP contribution in [0.25, 0.3) is 0 Å². The van der Waals surface area contributed by atoms with Crippen LogP contribution in [0.3, 0.4) is 0 Å². The van der Waals surface area contributed by atoms with E-state index in [9.17, 15) is 24.6 Å². The van der Waals surface area contributed by atoms with Gasteiger partial charge in [0.1, 0.15) is 24.1 Å². The number of carbonyl (C=O) groups excluding carboxylic acids is 1. The normalized spacial score (nSPS) is 25.2. The minimum absolute atomic E-state index is 0.0434. The molecule has 9 N–H and O–H groups in total. The Hall–Kier alpha value is -2.35. The molecule has 0 radical (unpaired) electrons. The van der Waals surface area contributed by atoms with Crippen LogP contribution in [0.4, 0.5) is 0 Å². The van der Waals surface area contributed by atoms with E-state index in [0.29, 0.717) is 19.4 Å². The van der Waals surface area contributed by atoms with Crippen LogP contribution in [0.15, 0.2) is 26.8 Å². The molecule has 156 valence electrons. The average molecular weight is 416 g/mol. The van der Waals surface area contributed by atoms with E-state index in [-0.39, 0.29) is 12.6 Å². The number of nitrogens with zero attached hydrogens (tertiary/aromatic N) is 2. The number of esters is 1. The second kappa shape index (κ2) is 9.73. The van der Waals surface area contributed by atoms with Crippen molar-refractivity contribution in [3.63, 3.8) is 0 Å². The highest BCUT2D eigenvalue weighted by molar-refractivity contribution is 8.00. The van der Waals surface area contributed by atoms with Gasteiger partial charge in [-0.15, -0.1) is 11.8 Å². The third-order valence-electron chi connectivity index (χ3n) is 4.12. The third kappa shape index (κ3) is 5.58. The maximum Gasteiger partial charge on any atom is 0.329 e. The summed E-state index contributed by atoms with van der Waals surface area (Å²) in [5.74, 6) is -0.699. The molecule has 1 fully saturated rings. The molecule has 2 heterocycles. The van der Waals surface area contributed by atoms with Gasteiger partial charge in [0.25, 0.3) is 5.56 Å². The Kier molecular flexibility index (Phi) is 7.62. The maximum atomic E-state index is 12.0. The molecule has 1 saturated heterocycles. The number of H-pyrrole nitrogens is 1. The standard InChI is InChI=1S/C15H24N6O6S/c16-7(2-1-4-19-14(17)18)13(25)27-6-8-10(23)11(24)12(28-8)21-5-3-9(22)20-15(21)26/h3,5,7-8,10-12,23-24H,1-2,4,6,16H2,(H4,17,18,19)(H,20,22,26)/t7-,8+,10?,11?,12+/m0/s1. The molecule has 0 spiro atoms. The molecule has 0 aliphatic carbocycles. The Morgan fingerprint density at radius 1 is 1.36 bits per heavy atom. The number of aliphatic imine (C=N–C) groups is 1. The molecule has 0 aromatic carbocycles. The van der Waals surface area contributed by atoms with Gasteiger partial charge in [-0.1, -0.05) is 0 Å². The molecular formula is C15H24N6O6S. The van der Waals surface area contributed by atoms with Crippen molar-refractivity contribution in [3.8, 4) is 0 Å². The van der Waals surface area contributed by atoms with Gasteiger partial charge in [-0.25, -0.2) is 4.79 Å². The summed E-state index contributed by atoms with van der Waals surface area (Å²) in [7, 11) is 0. The first-order chi connectivity index (χ1) is 13.2. The summed E-state index contributed by atoms with van der Waals surface area (Å²) in [6.45, 7) is 0.139. The smallest absolute Gasteiger partial charge is 0.329 e. The predicted octanol–water partition coefficient (Wildman–Crippen LogP) is -3.20. The molecule has 1 aliphatic heterocycles. The SMILES string of the molecule is NC(N)=NCCC[C@H](N)C(=O)OC[C@H]1S[C@@H](n2ccc(=O)[nH]c2=O)C(O)C1O. The lowest BCUT2D eigenvalue weighted by Gasteiger charge is -2.17. The lowest BCUT2D eigenvalue weighted by molar-refractivity contribution is -0.146. The number of aliphatic hydroxyl groups excluding tert-OH is 2. The Balaban J connectivity index is 1.89. The molecule has 2 rings (SSSR count). The molecule has 5 atom stereocenters. The van der Waals surface area contributed by atoms with Crippen LogP contribution in [0.2, 0.25) is 0 Å². The maximum absolute atomic E-state index is 12.0. The second-order valence-electron chi connectivity index (χ2n) is 6.25. The number of nitrogens with two attached hydrogens (primary N) is 3. The minimum Gasteiger partial charge on any atom is -0.463 e. The number of guanidine groups is 1. The number of ether oxygens (including phenoxy) is 1. The Morgan fingerprint density at radius 3 is 2.71 bits per heavy atom. The van der Waals surface area contributed by atoms with Crippen LogP contribution >= 0.6 is 11.8 Å². The van der Waals surface area contributed by atoms with Gasteiger partial charge in [-0.2, -0.15) is 0 Å². The van der Waals surface area contributed by atoms with E-state index in [4.69, 9.17) is 21.9 Å². The summed E-state index contributed by atoms with van der Waals surface area (Å²) in [4.78, 5) is 40.9. The number of aliphatic hydroxyl groups is 2. The van der Waals surface area contributed by atoms with Gasteiger partial charge in [-0.3, -0.25) is 24.1 Å². The van der Waals surface area contributed by atoms with E-state index in [1.807, 2.05) is 0 Å². The quantitative estimate of drug-likeness (QED) is 0.108. The predicted molar refractivity (Wildman–Crippen MR) is 103 cm³/mol. The van der Waals surface area contributed by atoms with Crippen LogP contribution in [0.5, 0.6) is 0 Å². The van der Waals surface area contributed by atoms with E-state index < -0.39 is 46.1 Å². The van der Waals surface area contributed by atoms with Crippen molar-refractivity contribution >= 4 is 23.7 Å². The fourth-order valence-electron chi connectivity index (χ4n) is 2.63. The summed E-state index contributed by atoms with van der Waals surface area (Å²) in [6, 6.07) is 0.260. The molecular weight excluding hydrogens is 392 g/mol. The first-order valence-electron chi connectivity index (χ1n) is 8.51. The van der Waals surface area contributed by atoms with Gasteiger partial charge in [0.2, 0.25) is 0 Å². The van der Waals surface area contributed by atoms with E-state index in [2.05, 4.69) is 9.98 Å². The van der Waals surface area contributed by atoms with Gasteiger partial charge in [-0.05, 0) is 12.8 Å². The Morgan fingerprint density at radius 2 is 2.07 bits per heavy atom. The number of aromatic amines is 1. The van der Waals surface area contributed by atoms with Gasteiger partial charge in [0.15, 0.2) is 5.96 Å². The molecule has 12 nitrogen and oxygen atoms in total. The summed E-state index contributed by atoms with van der Waals surface area (Å²) in [5, 5.41) is 18.9. The summed E-state index contributed by atoms with van der Waals surface area (Å²) in [6.07, 6.45) is -0.487. The molecule has 1 aromatic heterocycles. The van der Waals surface area contributed by atoms with Gasteiger partial charge < -0.3 is 32.2 Å². The van der Waals surface area contributed by atoms with Crippen molar-refractivity contribution in [1.29, 1.82) is 0 Å². The fourth-order valence-corrected chi connectivity index (χ4v) is 4.08. The lowest BCUT2D eigenvalue weighted by atomic mass is 10.1. The Labute approximate surface area is 163 Å². The summed E-state index contributed by atoms with van der Waals surface area (Å²) < 4.78 is 6.24. The number of rotatable bonds is 8. The average Bonchev–Trinajstić information content (AvgIpc) is 2.91. The van der Waals surface area contributed by atoms with Crippen LogP contribution in [-0.4, -0.2) is 68.3 Å². The topological polar surface area (TPSA) is 212 Å². The van der Waals surface area contributed by atoms with Crippen molar-refractivity contribution in [2.75, 3.05) is 13.2 Å². The molecule has 13 heteroatoms. The van der Waals surface area contributed by atoms with Crippen LogP contribution in [0.1, 0.15) is 18.2 Å². The first kappa shape index (κ1) is 21.9. The number of thioether (sulfide) groups is 1. The van der Waals surface area contributed by atoms with Gasteiger partial charge >= 0.3 is 11.7 Å². The van der Waals surface area contributed by atoms with Gasteiger partial charge in [0.05, 0.1) is 11.4 Å². The molecule has 0 amide bonds. The molecule has 1 aromatic rings. The molecule has 0 saturated carbocycles. The van der Waals surface area contributed by atoms with E-state index in [0.717, 1.165) is 22.4 Å². The number of carbonyl (C=O) groups is 1. The lowest BCUT2D eigenvalue weighted by Crippen LogP contribution is -2.38. The van der Waals surface area contributed by atoms with Gasteiger partial charge in [0, 0.05) is 18.8 Å². The number of hydrogen-bond donors (Lipinski definition) is 6. The van der Waals surface area contributed by atoms with Crippen molar-refractivity contribution in [3.05, 3.63) is 33.1 Å². The number of nitrogens with one attached hydrogen (secondary N) is 1. The molecule has 28 heavy (non-hydrogen) atoms. The first-order valence-corrected chi connectivity index (χ1v) is 9.45. The largest absolute Gasteiger partial charge is 0.463 e. The number of aromatic nitrogens is 2. The highest BCUT2D eigenvalue weighted by atomic mass is 32.2. The van der Waals surface area contributed by atoms with E-state index in [1.165, 1.54) is 6.20 Å². The molecule has 2 unspecified atom stereocenters. The minimum atomic E-state index is -1.29. The van der Waals surface area contributed by atoms with Crippen LogP contribution in [0, 0.1) is 0 Å². The van der Waals surface area contributed by atoms with Crippen molar-refractivity contribution in [2.24, 2.45) is 22.2 Å². The molecule has 1 aliphatic rings. The van der Waals surface area contributed by atoms with E-state index in [1.54, 1.807) is 0 Å². The Bertz CT molecular complexity index is 822. The molecule has 0 bridgehead atoms. The highest BCUT2D eigenvalue weighted by Gasteiger charge is 2.44. The van der Waals surface area contributed by atoms with E-state index >= 15 is 0 Å². The van der Waals surface area contributed by atoms with Crippen molar-refractivity contribution in [1.82, 2.24) is 9.55 Å². The van der Waals surface area contributed by atoms with Crippen molar-refractivity contribution < 1.29 is 19.7 Å². The zero-order valence-electron chi connectivity index (χ0n) is 14.9. The fraction of sp³-hybridized carbons (Fsp3) is 0.600. The number of hydrogen-bond acceptors (Lipinski definition) is 9. The van der Waals surface area contributed by atoms with Crippen LogP contribution < -0.4 is 28.5 Å². The summed E-state index contributed by atoms with van der Waals surface area (Å²) >= 11 is 1.06. The second-order valence-corrected chi connectivity index (χ2v) is 7.61.